The Balaban J connectivity index is 1.44. The first kappa shape index (κ1) is 16.2. The van der Waals surface area contributed by atoms with Crippen molar-refractivity contribution in [2.75, 3.05) is 0 Å². The molecule has 0 aromatic carbocycles. The molecule has 0 amide bonds. The van der Waals surface area contributed by atoms with Crippen LogP contribution in [0, 0.1) is 25.2 Å². The summed E-state index contributed by atoms with van der Waals surface area (Å²) in [5.41, 5.74) is 3.87. The normalized spacial score (nSPS) is 35.6. The van der Waals surface area contributed by atoms with E-state index in [0.29, 0.717) is 12.0 Å². The van der Waals surface area contributed by atoms with Crippen LogP contribution >= 0.6 is 0 Å². The smallest absolute Gasteiger partial charge is 0.137 e. The molecule has 1 saturated carbocycles. The highest BCUT2D eigenvalue weighted by Crippen LogP contribution is 2.56. The largest absolute Gasteiger partial charge is 0.495 e. The Bertz CT molecular complexity index is 642. The van der Waals surface area contributed by atoms with E-state index in [1.54, 1.807) is 0 Å². The first-order chi connectivity index (χ1) is 11.5. The summed E-state index contributed by atoms with van der Waals surface area (Å²) < 4.78 is 11.7. The summed E-state index contributed by atoms with van der Waals surface area (Å²) in [4.78, 5) is 0. The second-order valence-corrected chi connectivity index (χ2v) is 8.22. The lowest BCUT2D eigenvalue weighted by molar-refractivity contribution is 0.00486. The highest BCUT2D eigenvalue weighted by atomic mass is 16.5. The Morgan fingerprint density at radius 1 is 1.21 bits per heavy atom. The van der Waals surface area contributed by atoms with Gasteiger partial charge in [-0.1, -0.05) is 12.1 Å². The Labute approximate surface area is 144 Å². The molecule has 1 fully saturated rings. The molecule has 24 heavy (non-hydrogen) atoms. The van der Waals surface area contributed by atoms with Gasteiger partial charge in [-0.25, -0.2) is 0 Å². The molecular weight excluding hydrogens is 302 g/mol. The summed E-state index contributed by atoms with van der Waals surface area (Å²) >= 11 is 0. The Kier molecular flexibility index (Phi) is 3.98. The monoisotopic (exact) mass is 331 g/mol. The van der Waals surface area contributed by atoms with E-state index >= 15 is 0 Å². The van der Waals surface area contributed by atoms with Gasteiger partial charge < -0.3 is 14.4 Å². The first-order valence-corrected chi connectivity index (χ1v) is 9.47. The summed E-state index contributed by atoms with van der Waals surface area (Å²) in [6.07, 6.45) is 8.59. The lowest BCUT2D eigenvalue weighted by Gasteiger charge is -2.44. The Morgan fingerprint density at radius 3 is 2.79 bits per heavy atom. The van der Waals surface area contributed by atoms with Gasteiger partial charge >= 0.3 is 0 Å². The molecule has 0 saturated heterocycles. The van der Waals surface area contributed by atoms with Gasteiger partial charge in [0.2, 0.25) is 0 Å². The topological polar surface area (TPSA) is 55.5 Å². The molecule has 4 rings (SSSR count). The minimum atomic E-state index is -0.131. The molecule has 2 aliphatic carbocycles. The van der Waals surface area contributed by atoms with Crippen molar-refractivity contribution in [3.8, 4) is 0 Å². The Hall–Kier alpha value is -1.29. The van der Waals surface area contributed by atoms with Gasteiger partial charge in [-0.15, -0.1) is 0 Å². The zero-order valence-corrected chi connectivity index (χ0v) is 15.1. The van der Waals surface area contributed by atoms with E-state index in [1.807, 2.05) is 13.8 Å². The number of fused-ring (bicyclic) bond motifs is 2. The van der Waals surface area contributed by atoms with Gasteiger partial charge in [0.1, 0.15) is 5.76 Å². The molecule has 1 aromatic heterocycles. The van der Waals surface area contributed by atoms with Gasteiger partial charge in [-0.05, 0) is 70.3 Å². The number of aliphatic hydroxyl groups is 1. The number of nitrogens with zero attached hydrogens (tertiary/aromatic N) is 1. The van der Waals surface area contributed by atoms with Crippen LogP contribution < -0.4 is 0 Å². The van der Waals surface area contributed by atoms with Crippen LogP contribution in [0.3, 0.4) is 0 Å². The molecule has 1 aliphatic heterocycles. The number of ether oxygens (including phenoxy) is 1. The SMILES string of the molecule is Cc1noc(C)c1CCC1CCC2=C(CCC3(C)C(O)CCC23)O1. The van der Waals surface area contributed by atoms with Crippen LogP contribution in [-0.4, -0.2) is 22.5 Å². The lowest BCUT2D eigenvalue weighted by Crippen LogP contribution is -2.38. The highest BCUT2D eigenvalue weighted by molar-refractivity contribution is 5.25. The van der Waals surface area contributed by atoms with Crippen molar-refractivity contribution < 1.29 is 14.4 Å². The van der Waals surface area contributed by atoms with Crippen molar-refractivity contribution in [1.29, 1.82) is 0 Å². The van der Waals surface area contributed by atoms with Crippen LogP contribution in [0.5, 0.6) is 0 Å². The molecule has 1 N–H and O–H groups in total. The van der Waals surface area contributed by atoms with Crippen LogP contribution in [0.25, 0.3) is 0 Å². The Morgan fingerprint density at radius 2 is 2.04 bits per heavy atom. The third-order valence-corrected chi connectivity index (χ3v) is 6.90. The molecule has 3 aliphatic rings. The fourth-order valence-electron chi connectivity index (χ4n) is 5.26. The van der Waals surface area contributed by atoms with Crippen molar-refractivity contribution in [2.45, 2.75) is 84.3 Å². The summed E-state index contributed by atoms with van der Waals surface area (Å²) in [5, 5.41) is 14.4. The molecule has 132 valence electrons. The molecule has 0 spiro atoms. The van der Waals surface area contributed by atoms with Crippen molar-refractivity contribution in [1.82, 2.24) is 5.16 Å². The zero-order chi connectivity index (χ0) is 16.9. The molecule has 4 heteroatoms. The van der Waals surface area contributed by atoms with E-state index in [9.17, 15) is 5.11 Å². The highest BCUT2D eigenvalue weighted by Gasteiger charge is 2.50. The van der Waals surface area contributed by atoms with Crippen LogP contribution in [0.4, 0.5) is 0 Å². The zero-order valence-electron chi connectivity index (χ0n) is 15.1. The number of aliphatic hydroxyl groups excluding tert-OH is 1. The number of aryl methyl sites for hydroxylation is 2. The molecule has 4 unspecified atom stereocenters. The van der Waals surface area contributed by atoms with E-state index < -0.39 is 0 Å². The predicted octanol–water partition coefficient (Wildman–Crippen LogP) is 4.23. The standard InChI is InChI=1S/C20H29NO3/c1-12-15(13(2)24-21-12)6-4-14-5-7-16-17-8-9-19(22)20(17,3)11-10-18(16)23-14/h14,17,19,22H,4-11H2,1-3H3. The summed E-state index contributed by atoms with van der Waals surface area (Å²) in [6.45, 7) is 6.29. The predicted molar refractivity (Wildman–Crippen MR) is 91.5 cm³/mol. The second-order valence-electron chi connectivity index (χ2n) is 8.22. The summed E-state index contributed by atoms with van der Waals surface area (Å²) in [7, 11) is 0. The second kappa shape index (κ2) is 5.91. The molecule has 4 atom stereocenters. The van der Waals surface area contributed by atoms with E-state index in [0.717, 1.165) is 62.8 Å². The van der Waals surface area contributed by atoms with Gasteiger partial charge in [-0.2, -0.15) is 0 Å². The van der Waals surface area contributed by atoms with E-state index in [2.05, 4.69) is 12.1 Å². The van der Waals surface area contributed by atoms with E-state index in [1.165, 1.54) is 16.9 Å². The molecule has 0 bridgehead atoms. The van der Waals surface area contributed by atoms with Crippen molar-refractivity contribution in [2.24, 2.45) is 11.3 Å². The third kappa shape index (κ3) is 2.50. The van der Waals surface area contributed by atoms with Crippen molar-refractivity contribution >= 4 is 0 Å². The van der Waals surface area contributed by atoms with Crippen LogP contribution in [0.1, 0.15) is 68.9 Å². The fraction of sp³-hybridized carbons (Fsp3) is 0.750. The third-order valence-electron chi connectivity index (χ3n) is 6.90. The number of aromatic nitrogens is 1. The van der Waals surface area contributed by atoms with Gasteiger partial charge in [0.25, 0.3) is 0 Å². The van der Waals surface area contributed by atoms with E-state index in [-0.39, 0.29) is 11.5 Å². The van der Waals surface area contributed by atoms with Gasteiger partial charge in [-0.3, -0.25) is 0 Å². The number of hydrogen-bond acceptors (Lipinski definition) is 4. The van der Waals surface area contributed by atoms with Crippen LogP contribution in [-0.2, 0) is 11.2 Å². The first-order valence-electron chi connectivity index (χ1n) is 9.47. The van der Waals surface area contributed by atoms with Crippen molar-refractivity contribution in [3.63, 3.8) is 0 Å². The summed E-state index contributed by atoms with van der Waals surface area (Å²) in [6, 6.07) is 0. The fourth-order valence-corrected chi connectivity index (χ4v) is 5.26. The average Bonchev–Trinajstić information content (AvgIpc) is 3.05. The molecule has 2 heterocycles. The average molecular weight is 331 g/mol. The lowest BCUT2D eigenvalue weighted by atomic mass is 9.66. The van der Waals surface area contributed by atoms with Gasteiger partial charge in [0, 0.05) is 17.4 Å². The number of hydrogen-bond donors (Lipinski definition) is 1. The molecule has 1 aromatic rings. The van der Waals surface area contributed by atoms with Gasteiger partial charge in [0.15, 0.2) is 0 Å². The molecule has 4 nitrogen and oxygen atoms in total. The number of allylic oxidation sites excluding steroid dienone is 2. The van der Waals surface area contributed by atoms with Crippen LogP contribution in [0.15, 0.2) is 15.9 Å². The van der Waals surface area contributed by atoms with Gasteiger partial charge in [0.05, 0.1) is 23.7 Å². The maximum atomic E-state index is 10.4. The molecular formula is C20H29NO3. The minimum absolute atomic E-state index is 0.0890. The summed E-state index contributed by atoms with van der Waals surface area (Å²) in [5.74, 6) is 2.73. The number of rotatable bonds is 3. The van der Waals surface area contributed by atoms with E-state index in [4.69, 9.17) is 9.26 Å². The quantitative estimate of drug-likeness (QED) is 0.900. The maximum Gasteiger partial charge on any atom is 0.137 e. The molecule has 0 radical (unpaired) electrons. The van der Waals surface area contributed by atoms with Crippen molar-refractivity contribution in [3.05, 3.63) is 28.3 Å². The minimum Gasteiger partial charge on any atom is -0.495 e. The van der Waals surface area contributed by atoms with Crippen LogP contribution in [0.2, 0.25) is 0 Å². The maximum absolute atomic E-state index is 10.4.